The molecule has 0 spiro atoms. The molecule has 0 unspecified atom stereocenters. The van der Waals surface area contributed by atoms with E-state index in [-0.39, 0.29) is 18.4 Å². The van der Waals surface area contributed by atoms with E-state index in [4.69, 9.17) is 0 Å². The number of methoxy groups -OCH3 is 1. The second-order valence-corrected chi connectivity index (χ2v) is 4.04. The van der Waals surface area contributed by atoms with Crippen LogP contribution in [0.15, 0.2) is 0 Å². The lowest BCUT2D eigenvalue weighted by molar-refractivity contribution is -0.142. The highest BCUT2D eigenvalue weighted by Crippen LogP contribution is 2.23. The van der Waals surface area contributed by atoms with E-state index in [1.165, 1.54) is 7.11 Å². The predicted octanol–water partition coefficient (Wildman–Crippen LogP) is 0.393. The Balaban J connectivity index is 2.57. The number of ether oxygens (including phenoxy) is 1. The zero-order valence-corrected chi connectivity index (χ0v) is 9.06. The molecule has 2 atom stereocenters. The molecule has 1 N–H and O–H groups in total. The van der Waals surface area contributed by atoms with E-state index < -0.39 is 6.10 Å². The van der Waals surface area contributed by atoms with Gasteiger partial charge in [-0.1, -0.05) is 0 Å². The van der Waals surface area contributed by atoms with Gasteiger partial charge in [-0.3, -0.25) is 9.69 Å². The Labute approximate surface area is 84.8 Å². The first kappa shape index (κ1) is 11.5. The van der Waals surface area contributed by atoms with Gasteiger partial charge in [0, 0.05) is 18.6 Å². The van der Waals surface area contributed by atoms with Gasteiger partial charge < -0.3 is 9.84 Å². The number of esters is 1. The second kappa shape index (κ2) is 4.75. The molecule has 1 heterocycles. The largest absolute Gasteiger partial charge is 0.469 e. The van der Waals surface area contributed by atoms with Crippen LogP contribution in [0.5, 0.6) is 0 Å². The molecule has 14 heavy (non-hydrogen) atoms. The first-order valence-electron chi connectivity index (χ1n) is 5.07. The molecule has 0 aliphatic carbocycles. The minimum atomic E-state index is -0.392. The fraction of sp³-hybridized carbons (Fsp3) is 0.900. The topological polar surface area (TPSA) is 49.8 Å². The molecule has 1 fully saturated rings. The average Bonchev–Trinajstić information content (AvgIpc) is 2.48. The van der Waals surface area contributed by atoms with Crippen molar-refractivity contribution in [2.45, 2.75) is 44.9 Å². The number of carbonyl (C=O) groups excluding carboxylic acids is 1. The summed E-state index contributed by atoms with van der Waals surface area (Å²) in [5.74, 6) is -0.249. The second-order valence-electron chi connectivity index (χ2n) is 4.04. The number of aliphatic hydroxyl groups excluding tert-OH is 1. The first-order chi connectivity index (χ1) is 6.56. The van der Waals surface area contributed by atoms with Crippen LogP contribution in [0.2, 0.25) is 0 Å². The van der Waals surface area contributed by atoms with Crippen LogP contribution in [-0.2, 0) is 9.53 Å². The number of likely N-dealkylation sites (tertiary alicyclic amines) is 1. The lowest BCUT2D eigenvalue weighted by Crippen LogP contribution is -2.41. The maximum Gasteiger partial charge on any atom is 0.307 e. The molecule has 4 heteroatoms. The van der Waals surface area contributed by atoms with Crippen LogP contribution >= 0.6 is 0 Å². The van der Waals surface area contributed by atoms with Gasteiger partial charge in [-0.05, 0) is 20.3 Å². The summed E-state index contributed by atoms with van der Waals surface area (Å²) >= 11 is 0. The van der Waals surface area contributed by atoms with Crippen molar-refractivity contribution in [3.63, 3.8) is 0 Å². The smallest absolute Gasteiger partial charge is 0.307 e. The van der Waals surface area contributed by atoms with Crippen molar-refractivity contribution in [1.82, 2.24) is 4.90 Å². The van der Waals surface area contributed by atoms with Gasteiger partial charge in [0.15, 0.2) is 0 Å². The standard InChI is InChI=1S/C10H19NO3/c1-7(2)11-5-4-9(12)8(11)6-10(13)14-3/h7-9,12H,4-6H2,1-3H3/t8-,9+/m1/s1. The van der Waals surface area contributed by atoms with Crippen LogP contribution in [0.1, 0.15) is 26.7 Å². The van der Waals surface area contributed by atoms with E-state index in [9.17, 15) is 9.90 Å². The fourth-order valence-corrected chi connectivity index (χ4v) is 2.01. The number of rotatable bonds is 3. The highest BCUT2D eigenvalue weighted by molar-refractivity contribution is 5.70. The van der Waals surface area contributed by atoms with Gasteiger partial charge in [-0.2, -0.15) is 0 Å². The summed E-state index contributed by atoms with van der Waals surface area (Å²) in [6, 6.07) is 0.296. The lowest BCUT2D eigenvalue weighted by Gasteiger charge is -2.28. The molecule has 0 saturated carbocycles. The molecule has 0 bridgehead atoms. The Morgan fingerprint density at radius 1 is 1.64 bits per heavy atom. The van der Waals surface area contributed by atoms with Crippen molar-refractivity contribution in [3.8, 4) is 0 Å². The molecule has 82 valence electrons. The molecule has 1 aliphatic heterocycles. The molecular weight excluding hydrogens is 182 g/mol. The number of hydrogen-bond acceptors (Lipinski definition) is 4. The van der Waals surface area contributed by atoms with E-state index in [2.05, 4.69) is 23.5 Å². The Bertz CT molecular complexity index is 206. The minimum absolute atomic E-state index is 0.0672. The minimum Gasteiger partial charge on any atom is -0.469 e. The van der Waals surface area contributed by atoms with Gasteiger partial charge in [0.05, 0.1) is 19.6 Å². The van der Waals surface area contributed by atoms with Crippen LogP contribution in [0.3, 0.4) is 0 Å². The Kier molecular flexibility index (Phi) is 3.89. The van der Waals surface area contributed by atoms with E-state index >= 15 is 0 Å². The Morgan fingerprint density at radius 3 is 2.79 bits per heavy atom. The van der Waals surface area contributed by atoms with Crippen LogP contribution in [0.25, 0.3) is 0 Å². The van der Waals surface area contributed by atoms with Crippen LogP contribution in [0, 0.1) is 0 Å². The zero-order chi connectivity index (χ0) is 10.7. The first-order valence-corrected chi connectivity index (χ1v) is 5.07. The number of nitrogens with zero attached hydrogens (tertiary/aromatic N) is 1. The van der Waals surface area contributed by atoms with Gasteiger partial charge in [0.25, 0.3) is 0 Å². The van der Waals surface area contributed by atoms with Gasteiger partial charge in [0.2, 0.25) is 0 Å². The summed E-state index contributed by atoms with van der Waals surface area (Å²) < 4.78 is 4.61. The van der Waals surface area contributed by atoms with Crippen molar-refractivity contribution in [2.24, 2.45) is 0 Å². The summed E-state index contributed by atoms with van der Waals surface area (Å²) in [5.41, 5.74) is 0. The summed E-state index contributed by atoms with van der Waals surface area (Å²) in [6.45, 7) is 5.01. The molecule has 1 rings (SSSR count). The molecule has 0 aromatic rings. The van der Waals surface area contributed by atoms with E-state index in [1.807, 2.05) is 0 Å². The monoisotopic (exact) mass is 201 g/mol. The molecule has 1 saturated heterocycles. The molecule has 4 nitrogen and oxygen atoms in total. The molecule has 0 amide bonds. The van der Waals surface area contributed by atoms with Crippen LogP contribution in [-0.4, -0.2) is 47.8 Å². The molecule has 0 radical (unpaired) electrons. The third-order valence-corrected chi connectivity index (χ3v) is 2.82. The fourth-order valence-electron chi connectivity index (χ4n) is 2.01. The molecule has 1 aliphatic rings. The van der Waals surface area contributed by atoms with Crippen molar-refractivity contribution in [3.05, 3.63) is 0 Å². The van der Waals surface area contributed by atoms with E-state index in [0.717, 1.165) is 13.0 Å². The summed E-state index contributed by atoms with van der Waals surface area (Å²) in [4.78, 5) is 13.3. The number of carbonyl (C=O) groups is 1. The van der Waals surface area contributed by atoms with Crippen LogP contribution < -0.4 is 0 Å². The van der Waals surface area contributed by atoms with E-state index in [0.29, 0.717) is 6.04 Å². The molecule has 0 aromatic heterocycles. The van der Waals surface area contributed by atoms with Gasteiger partial charge in [-0.25, -0.2) is 0 Å². The van der Waals surface area contributed by atoms with Gasteiger partial charge >= 0.3 is 5.97 Å². The van der Waals surface area contributed by atoms with E-state index in [1.54, 1.807) is 0 Å². The Hall–Kier alpha value is -0.610. The molecular formula is C10H19NO3. The van der Waals surface area contributed by atoms with Gasteiger partial charge in [0.1, 0.15) is 0 Å². The zero-order valence-electron chi connectivity index (χ0n) is 9.06. The normalized spacial score (nSPS) is 28.4. The molecule has 0 aromatic carbocycles. The Morgan fingerprint density at radius 2 is 2.29 bits per heavy atom. The van der Waals surface area contributed by atoms with Crippen molar-refractivity contribution < 1.29 is 14.6 Å². The highest BCUT2D eigenvalue weighted by atomic mass is 16.5. The summed E-state index contributed by atoms with van der Waals surface area (Å²) in [6.07, 6.45) is 0.645. The average molecular weight is 201 g/mol. The van der Waals surface area contributed by atoms with Gasteiger partial charge in [-0.15, -0.1) is 0 Å². The summed E-state index contributed by atoms with van der Waals surface area (Å²) in [5, 5.41) is 9.70. The van der Waals surface area contributed by atoms with Crippen LogP contribution in [0.4, 0.5) is 0 Å². The predicted molar refractivity (Wildman–Crippen MR) is 52.9 cm³/mol. The van der Waals surface area contributed by atoms with Crippen molar-refractivity contribution in [2.75, 3.05) is 13.7 Å². The number of hydrogen-bond donors (Lipinski definition) is 1. The third kappa shape index (κ3) is 2.45. The SMILES string of the molecule is COC(=O)C[C@@H]1[C@@H](O)CCN1C(C)C. The summed E-state index contributed by atoms with van der Waals surface area (Å²) in [7, 11) is 1.38. The lowest BCUT2D eigenvalue weighted by atomic mass is 10.1. The number of aliphatic hydroxyl groups is 1. The highest BCUT2D eigenvalue weighted by Gasteiger charge is 2.35. The quantitative estimate of drug-likeness (QED) is 0.671. The van der Waals surface area contributed by atoms with Crippen molar-refractivity contribution >= 4 is 5.97 Å². The van der Waals surface area contributed by atoms with Crippen molar-refractivity contribution in [1.29, 1.82) is 0 Å². The maximum atomic E-state index is 11.1. The maximum absolute atomic E-state index is 11.1. The third-order valence-electron chi connectivity index (χ3n) is 2.82.